The van der Waals surface area contributed by atoms with Gasteiger partial charge in [-0.1, -0.05) is 78.9 Å². The van der Waals surface area contributed by atoms with E-state index < -0.39 is 11.8 Å². The lowest BCUT2D eigenvalue weighted by Gasteiger charge is -2.12. The van der Waals surface area contributed by atoms with Gasteiger partial charge in [-0.3, -0.25) is 14.4 Å². The Morgan fingerprint density at radius 1 is 0.812 bits per heavy atom. The third kappa shape index (κ3) is 8.10. The summed E-state index contributed by atoms with van der Waals surface area (Å²) in [5.74, 6) is -0.949. The molecule has 6 rings (SSSR count). The average molecular weight is 669 g/mol. The Hall–Kier alpha value is -5.43. The summed E-state index contributed by atoms with van der Waals surface area (Å²) >= 11 is 2.83. The van der Waals surface area contributed by atoms with Crippen molar-refractivity contribution in [1.29, 1.82) is 5.26 Å². The molecule has 1 aliphatic carbocycles. The highest BCUT2D eigenvalue weighted by Gasteiger charge is 2.22. The van der Waals surface area contributed by atoms with Crippen molar-refractivity contribution < 1.29 is 14.4 Å². The van der Waals surface area contributed by atoms with Crippen LogP contribution in [0.1, 0.15) is 44.8 Å². The first-order valence-corrected chi connectivity index (χ1v) is 17.4. The fourth-order valence-electron chi connectivity index (χ4n) is 5.46. The highest BCUT2D eigenvalue weighted by Crippen LogP contribution is 2.37. The lowest BCUT2D eigenvalue weighted by atomic mass is 9.96. The van der Waals surface area contributed by atoms with Crippen LogP contribution < -0.4 is 16.0 Å². The highest BCUT2D eigenvalue weighted by molar-refractivity contribution is 8.00. The molecule has 5 aromatic rings. The van der Waals surface area contributed by atoms with Crippen molar-refractivity contribution in [3.63, 3.8) is 0 Å². The van der Waals surface area contributed by atoms with Crippen LogP contribution in [0, 0.1) is 11.3 Å². The third-order valence-electron chi connectivity index (χ3n) is 7.86. The van der Waals surface area contributed by atoms with Gasteiger partial charge in [0.1, 0.15) is 16.8 Å². The summed E-state index contributed by atoms with van der Waals surface area (Å²) in [7, 11) is 0. The second-order valence-corrected chi connectivity index (χ2v) is 13.4. The van der Waals surface area contributed by atoms with Crippen LogP contribution in [0.2, 0.25) is 0 Å². The van der Waals surface area contributed by atoms with Gasteiger partial charge < -0.3 is 16.0 Å². The highest BCUT2D eigenvalue weighted by atomic mass is 32.2. The van der Waals surface area contributed by atoms with E-state index in [1.165, 1.54) is 28.0 Å². The summed E-state index contributed by atoms with van der Waals surface area (Å²) < 4.78 is 0. The number of aryl methyl sites for hydroxylation is 1. The Morgan fingerprint density at radius 3 is 2.27 bits per heavy atom. The molecule has 1 aliphatic rings. The Labute approximate surface area is 287 Å². The molecule has 48 heavy (non-hydrogen) atoms. The van der Waals surface area contributed by atoms with Crippen LogP contribution in [0.3, 0.4) is 0 Å². The van der Waals surface area contributed by atoms with Gasteiger partial charge in [0.2, 0.25) is 5.91 Å². The number of anilines is 2. The number of nitrogens with zero attached hydrogens (tertiary/aromatic N) is 1. The Kier molecular flexibility index (Phi) is 10.5. The molecule has 3 N–H and O–H groups in total. The topological polar surface area (TPSA) is 111 Å². The zero-order valence-electron chi connectivity index (χ0n) is 26.0. The van der Waals surface area contributed by atoms with E-state index >= 15 is 0 Å². The SMILES string of the molecule is N#Cc1c(NC(=O)CSc2cccc(NC(=O)/C(=C\c3ccc(-c4ccccc4)cc3)NC(=O)c3ccccc3)c2)sc2c1CCCC2. The summed E-state index contributed by atoms with van der Waals surface area (Å²) in [6.45, 7) is 0. The first-order chi connectivity index (χ1) is 23.5. The molecule has 0 atom stereocenters. The largest absolute Gasteiger partial charge is 0.321 e. The molecule has 0 radical (unpaired) electrons. The van der Waals surface area contributed by atoms with Crippen LogP contribution in [-0.2, 0) is 22.4 Å². The molecule has 0 spiro atoms. The van der Waals surface area contributed by atoms with Crippen molar-refractivity contribution in [2.45, 2.75) is 30.6 Å². The van der Waals surface area contributed by atoms with Gasteiger partial charge in [0.25, 0.3) is 11.8 Å². The Balaban J connectivity index is 1.14. The zero-order valence-corrected chi connectivity index (χ0v) is 27.6. The summed E-state index contributed by atoms with van der Waals surface area (Å²) in [5.41, 5.74) is 5.56. The molecular weight excluding hydrogens is 637 g/mol. The van der Waals surface area contributed by atoms with E-state index in [0.717, 1.165) is 52.8 Å². The molecule has 238 valence electrons. The van der Waals surface area contributed by atoms with E-state index in [4.69, 9.17) is 0 Å². The number of carbonyl (C=O) groups excluding carboxylic acids is 3. The number of hydrogen-bond acceptors (Lipinski definition) is 6. The lowest BCUT2D eigenvalue weighted by molar-refractivity contribution is -0.114. The van der Waals surface area contributed by atoms with Gasteiger partial charge in [-0.05, 0) is 84.3 Å². The smallest absolute Gasteiger partial charge is 0.272 e. The maximum absolute atomic E-state index is 13.6. The molecule has 7 nitrogen and oxygen atoms in total. The van der Waals surface area contributed by atoms with E-state index in [9.17, 15) is 19.6 Å². The maximum Gasteiger partial charge on any atom is 0.272 e. The molecule has 3 amide bonds. The monoisotopic (exact) mass is 668 g/mol. The molecule has 1 heterocycles. The van der Waals surface area contributed by atoms with E-state index in [-0.39, 0.29) is 17.4 Å². The third-order valence-corrected chi connectivity index (χ3v) is 10.1. The molecule has 1 aromatic heterocycles. The number of benzene rings is 4. The van der Waals surface area contributed by atoms with Gasteiger partial charge in [-0.2, -0.15) is 5.26 Å². The lowest BCUT2D eigenvalue weighted by Crippen LogP contribution is -2.30. The van der Waals surface area contributed by atoms with Crippen molar-refractivity contribution in [3.8, 4) is 17.2 Å². The van der Waals surface area contributed by atoms with Crippen molar-refractivity contribution in [3.05, 3.63) is 142 Å². The van der Waals surface area contributed by atoms with Crippen LogP contribution in [0.25, 0.3) is 17.2 Å². The quantitative estimate of drug-likeness (QED) is 0.102. The van der Waals surface area contributed by atoms with E-state index in [1.54, 1.807) is 48.5 Å². The summed E-state index contributed by atoms with van der Waals surface area (Å²) in [6, 6.07) is 35.9. The fraction of sp³-hybridized carbons (Fsp3) is 0.128. The van der Waals surface area contributed by atoms with Gasteiger partial charge in [-0.15, -0.1) is 23.1 Å². The Bertz CT molecular complexity index is 2010. The molecule has 4 aromatic carbocycles. The normalized spacial score (nSPS) is 12.4. The van der Waals surface area contributed by atoms with Crippen molar-refractivity contribution in [2.24, 2.45) is 0 Å². The first kappa shape index (κ1) is 32.5. The van der Waals surface area contributed by atoms with Gasteiger partial charge >= 0.3 is 0 Å². The van der Waals surface area contributed by atoms with Crippen LogP contribution in [0.4, 0.5) is 10.7 Å². The fourth-order valence-corrected chi connectivity index (χ4v) is 7.47. The minimum absolute atomic E-state index is 0.0840. The van der Waals surface area contributed by atoms with E-state index in [2.05, 4.69) is 22.0 Å². The number of nitriles is 1. The molecule has 9 heteroatoms. The first-order valence-electron chi connectivity index (χ1n) is 15.6. The number of hydrogen-bond donors (Lipinski definition) is 3. The number of amides is 3. The van der Waals surface area contributed by atoms with Crippen molar-refractivity contribution in [1.82, 2.24) is 5.32 Å². The number of rotatable bonds is 10. The average Bonchev–Trinajstić information content (AvgIpc) is 3.48. The molecule has 0 saturated carbocycles. The molecule has 0 fully saturated rings. The van der Waals surface area contributed by atoms with Crippen LogP contribution in [-0.4, -0.2) is 23.5 Å². The molecule has 0 saturated heterocycles. The van der Waals surface area contributed by atoms with Crippen molar-refractivity contribution >= 4 is 57.6 Å². The summed E-state index contributed by atoms with van der Waals surface area (Å²) in [6.07, 6.45) is 5.64. The minimum Gasteiger partial charge on any atom is -0.321 e. The Morgan fingerprint density at radius 2 is 1.52 bits per heavy atom. The van der Waals surface area contributed by atoms with Crippen molar-refractivity contribution in [2.75, 3.05) is 16.4 Å². The molecule has 0 unspecified atom stereocenters. The maximum atomic E-state index is 13.6. The number of carbonyl (C=O) groups is 3. The number of thioether (sulfide) groups is 1. The summed E-state index contributed by atoms with van der Waals surface area (Å²) in [5, 5.41) is 19.0. The molecular formula is C39H32N4O3S2. The minimum atomic E-state index is -0.489. The predicted octanol–water partition coefficient (Wildman–Crippen LogP) is 8.31. The van der Waals surface area contributed by atoms with Crippen LogP contribution in [0.15, 0.2) is 120 Å². The van der Waals surface area contributed by atoms with E-state index in [0.29, 0.717) is 21.8 Å². The number of fused-ring (bicyclic) bond motifs is 1. The van der Waals surface area contributed by atoms with E-state index in [1.807, 2.05) is 66.7 Å². The standard InChI is InChI=1S/C39H32N4O3S2/c40-24-33-32-16-7-8-17-35(32)48-39(33)43-36(44)25-47-31-15-9-14-30(23-31)41-38(46)34(42-37(45)29-12-5-2-6-13-29)22-26-18-20-28(21-19-26)27-10-3-1-4-11-27/h1-6,9-15,18-23H,7-8,16-17,25H2,(H,41,46)(H,42,45)(H,43,44)/b34-22+. The second-order valence-electron chi connectivity index (χ2n) is 11.2. The number of thiophene rings is 1. The molecule has 0 bridgehead atoms. The predicted molar refractivity (Wildman–Crippen MR) is 194 cm³/mol. The van der Waals surface area contributed by atoms with Gasteiger partial charge in [0.05, 0.1) is 11.3 Å². The second kappa shape index (κ2) is 15.4. The van der Waals surface area contributed by atoms with Gasteiger partial charge in [0.15, 0.2) is 0 Å². The van der Waals surface area contributed by atoms with Gasteiger partial charge in [-0.25, -0.2) is 0 Å². The molecule has 0 aliphatic heterocycles. The van der Waals surface area contributed by atoms with Gasteiger partial charge in [0, 0.05) is 21.0 Å². The summed E-state index contributed by atoms with van der Waals surface area (Å²) in [4.78, 5) is 41.5. The van der Waals surface area contributed by atoms with Crippen LogP contribution >= 0.6 is 23.1 Å². The van der Waals surface area contributed by atoms with Crippen LogP contribution in [0.5, 0.6) is 0 Å². The number of nitrogens with one attached hydrogen (secondary N) is 3. The zero-order chi connectivity index (χ0) is 33.3.